The van der Waals surface area contributed by atoms with E-state index >= 15 is 0 Å². The standard InChI is InChI=1S/C15H23NOS/c1-16-15(12-17)9-5-8-14(10-15)18-11-13-6-3-2-4-7-13/h2-4,6-7,14,16-17H,5,8-12H2,1H3. The van der Waals surface area contributed by atoms with E-state index < -0.39 is 0 Å². The Morgan fingerprint density at radius 2 is 2.17 bits per heavy atom. The maximum atomic E-state index is 9.57. The van der Waals surface area contributed by atoms with E-state index in [4.69, 9.17) is 0 Å². The van der Waals surface area contributed by atoms with Gasteiger partial charge in [-0.25, -0.2) is 0 Å². The number of hydrogen-bond donors (Lipinski definition) is 2. The van der Waals surface area contributed by atoms with Gasteiger partial charge < -0.3 is 10.4 Å². The summed E-state index contributed by atoms with van der Waals surface area (Å²) in [5, 5.41) is 13.6. The number of aliphatic hydroxyl groups is 1. The molecule has 0 aromatic heterocycles. The van der Waals surface area contributed by atoms with Crippen LogP contribution in [0.1, 0.15) is 31.2 Å². The van der Waals surface area contributed by atoms with Gasteiger partial charge in [-0.05, 0) is 31.9 Å². The Kier molecular flexibility index (Phi) is 5.10. The van der Waals surface area contributed by atoms with Crippen molar-refractivity contribution in [1.82, 2.24) is 5.32 Å². The summed E-state index contributed by atoms with van der Waals surface area (Å²) < 4.78 is 0. The van der Waals surface area contributed by atoms with Crippen LogP contribution in [0.5, 0.6) is 0 Å². The highest BCUT2D eigenvalue weighted by molar-refractivity contribution is 7.99. The van der Waals surface area contributed by atoms with Crippen LogP contribution < -0.4 is 5.32 Å². The Balaban J connectivity index is 1.86. The Morgan fingerprint density at radius 3 is 2.83 bits per heavy atom. The molecule has 2 unspecified atom stereocenters. The molecule has 2 rings (SSSR count). The number of aliphatic hydroxyl groups excluding tert-OH is 1. The number of likely N-dealkylation sites (N-methyl/N-ethyl adjacent to an activating group) is 1. The van der Waals surface area contributed by atoms with Crippen LogP contribution in [0, 0.1) is 0 Å². The van der Waals surface area contributed by atoms with E-state index in [-0.39, 0.29) is 12.1 Å². The molecule has 18 heavy (non-hydrogen) atoms. The summed E-state index contributed by atoms with van der Waals surface area (Å²) in [6.45, 7) is 0.256. The third-order valence-corrected chi connectivity index (χ3v) is 5.34. The number of benzene rings is 1. The molecule has 100 valence electrons. The lowest BCUT2D eigenvalue weighted by Crippen LogP contribution is -2.50. The summed E-state index contributed by atoms with van der Waals surface area (Å²) in [5.41, 5.74) is 1.36. The van der Waals surface area contributed by atoms with Crippen LogP contribution in [-0.4, -0.2) is 29.5 Å². The van der Waals surface area contributed by atoms with Gasteiger partial charge in [-0.15, -0.1) is 0 Å². The third-order valence-electron chi connectivity index (χ3n) is 3.96. The normalized spacial score (nSPS) is 28.2. The van der Waals surface area contributed by atoms with Crippen LogP contribution >= 0.6 is 11.8 Å². The maximum Gasteiger partial charge on any atom is 0.0613 e. The van der Waals surface area contributed by atoms with E-state index in [0.29, 0.717) is 5.25 Å². The smallest absolute Gasteiger partial charge is 0.0613 e. The highest BCUT2D eigenvalue weighted by atomic mass is 32.2. The molecule has 1 aromatic carbocycles. The molecule has 3 heteroatoms. The molecule has 2 atom stereocenters. The number of thioether (sulfide) groups is 1. The first-order chi connectivity index (χ1) is 8.78. The summed E-state index contributed by atoms with van der Waals surface area (Å²) in [5.74, 6) is 1.08. The molecule has 1 fully saturated rings. The van der Waals surface area contributed by atoms with Crippen LogP contribution in [0.2, 0.25) is 0 Å². The van der Waals surface area contributed by atoms with E-state index in [1.54, 1.807) is 0 Å². The molecule has 1 aromatic rings. The summed E-state index contributed by atoms with van der Waals surface area (Å²) in [6, 6.07) is 10.6. The van der Waals surface area contributed by atoms with Gasteiger partial charge in [0.25, 0.3) is 0 Å². The lowest BCUT2D eigenvalue weighted by Gasteiger charge is -2.39. The van der Waals surface area contributed by atoms with Gasteiger partial charge in [-0.3, -0.25) is 0 Å². The zero-order valence-corrected chi connectivity index (χ0v) is 11.9. The maximum absolute atomic E-state index is 9.57. The topological polar surface area (TPSA) is 32.3 Å². The molecule has 0 bridgehead atoms. The number of rotatable bonds is 5. The minimum absolute atomic E-state index is 0.0351. The van der Waals surface area contributed by atoms with Crippen molar-refractivity contribution in [2.45, 2.75) is 42.2 Å². The number of hydrogen-bond acceptors (Lipinski definition) is 3. The van der Waals surface area contributed by atoms with Crippen molar-refractivity contribution in [1.29, 1.82) is 0 Å². The van der Waals surface area contributed by atoms with Crippen LogP contribution in [0.4, 0.5) is 0 Å². The van der Waals surface area contributed by atoms with Crippen LogP contribution in [0.25, 0.3) is 0 Å². The largest absolute Gasteiger partial charge is 0.394 e. The number of nitrogens with one attached hydrogen (secondary N) is 1. The molecule has 1 aliphatic rings. The van der Waals surface area contributed by atoms with Crippen molar-refractivity contribution in [3.63, 3.8) is 0 Å². The van der Waals surface area contributed by atoms with Gasteiger partial charge in [0.05, 0.1) is 6.61 Å². The van der Waals surface area contributed by atoms with Gasteiger partial charge in [0.1, 0.15) is 0 Å². The molecule has 0 saturated heterocycles. The molecule has 0 heterocycles. The molecule has 2 nitrogen and oxygen atoms in total. The Bertz CT molecular complexity index is 351. The fourth-order valence-corrected chi connectivity index (χ4v) is 4.08. The second-order valence-electron chi connectivity index (χ2n) is 5.20. The molecule has 0 spiro atoms. The van der Waals surface area contributed by atoms with Crippen molar-refractivity contribution in [3.05, 3.63) is 35.9 Å². The minimum Gasteiger partial charge on any atom is -0.394 e. The van der Waals surface area contributed by atoms with Crippen molar-refractivity contribution >= 4 is 11.8 Å². The highest BCUT2D eigenvalue weighted by Gasteiger charge is 2.34. The van der Waals surface area contributed by atoms with Crippen LogP contribution in [0.3, 0.4) is 0 Å². The van der Waals surface area contributed by atoms with Crippen molar-refractivity contribution in [3.8, 4) is 0 Å². The average Bonchev–Trinajstić information content (AvgIpc) is 2.46. The second-order valence-corrected chi connectivity index (χ2v) is 6.49. The van der Waals surface area contributed by atoms with Gasteiger partial charge in [-0.2, -0.15) is 11.8 Å². The summed E-state index contributed by atoms with van der Waals surface area (Å²) in [7, 11) is 1.97. The lowest BCUT2D eigenvalue weighted by atomic mass is 9.82. The fourth-order valence-electron chi connectivity index (χ4n) is 2.69. The van der Waals surface area contributed by atoms with Gasteiger partial charge in [0.15, 0.2) is 0 Å². The fraction of sp³-hybridized carbons (Fsp3) is 0.600. The SMILES string of the molecule is CNC1(CO)CCCC(SCc2ccccc2)C1. The van der Waals surface area contributed by atoms with E-state index in [0.717, 1.165) is 18.6 Å². The first-order valence-corrected chi connectivity index (χ1v) is 7.78. The van der Waals surface area contributed by atoms with E-state index in [9.17, 15) is 5.11 Å². The van der Waals surface area contributed by atoms with Crippen LogP contribution in [-0.2, 0) is 5.75 Å². The molecule has 0 radical (unpaired) electrons. The predicted octanol–water partition coefficient (Wildman–Crippen LogP) is 2.81. The minimum atomic E-state index is -0.0351. The van der Waals surface area contributed by atoms with Crippen molar-refractivity contribution in [2.24, 2.45) is 0 Å². The third kappa shape index (κ3) is 3.50. The predicted molar refractivity (Wildman–Crippen MR) is 78.9 cm³/mol. The molecule has 2 N–H and O–H groups in total. The van der Waals surface area contributed by atoms with E-state index in [2.05, 4.69) is 35.6 Å². The molecule has 0 aliphatic heterocycles. The van der Waals surface area contributed by atoms with E-state index in [1.807, 2.05) is 18.8 Å². The molecule has 1 aliphatic carbocycles. The summed E-state index contributed by atoms with van der Waals surface area (Å²) in [6.07, 6.45) is 4.68. The first-order valence-electron chi connectivity index (χ1n) is 6.73. The highest BCUT2D eigenvalue weighted by Crippen LogP contribution is 2.35. The summed E-state index contributed by atoms with van der Waals surface area (Å²) in [4.78, 5) is 0. The second kappa shape index (κ2) is 6.60. The van der Waals surface area contributed by atoms with Gasteiger partial charge in [-0.1, -0.05) is 36.8 Å². The Hall–Kier alpha value is -0.510. The monoisotopic (exact) mass is 265 g/mol. The van der Waals surface area contributed by atoms with Gasteiger partial charge in [0.2, 0.25) is 0 Å². The molecular formula is C15H23NOS. The quantitative estimate of drug-likeness (QED) is 0.858. The van der Waals surface area contributed by atoms with Crippen molar-refractivity contribution < 1.29 is 5.11 Å². The first kappa shape index (κ1) is 13.9. The van der Waals surface area contributed by atoms with Crippen LogP contribution in [0.15, 0.2) is 30.3 Å². The zero-order valence-electron chi connectivity index (χ0n) is 11.1. The van der Waals surface area contributed by atoms with Gasteiger partial charge >= 0.3 is 0 Å². The van der Waals surface area contributed by atoms with Crippen molar-refractivity contribution in [2.75, 3.05) is 13.7 Å². The van der Waals surface area contributed by atoms with E-state index in [1.165, 1.54) is 18.4 Å². The molecule has 0 amide bonds. The summed E-state index contributed by atoms with van der Waals surface area (Å²) >= 11 is 2.03. The zero-order chi connectivity index (χ0) is 12.8. The Labute approximate surface area is 114 Å². The molecule has 1 saturated carbocycles. The molecular weight excluding hydrogens is 242 g/mol. The Morgan fingerprint density at radius 1 is 1.39 bits per heavy atom. The average molecular weight is 265 g/mol. The lowest BCUT2D eigenvalue weighted by molar-refractivity contribution is 0.131. The van der Waals surface area contributed by atoms with Gasteiger partial charge in [0, 0.05) is 16.5 Å².